The fourth-order valence-corrected chi connectivity index (χ4v) is 7.56. The maximum atomic E-state index is 13.1. The third kappa shape index (κ3) is 2.06. The number of rotatable bonds is 5. The molecular formula is C22H34N2O3. The molecule has 0 aromatic carbocycles. The van der Waals surface area contributed by atoms with Crippen LogP contribution in [0, 0.1) is 50.2 Å². The summed E-state index contributed by atoms with van der Waals surface area (Å²) < 4.78 is 0. The first kappa shape index (κ1) is 19.1. The second-order valence-electron chi connectivity index (χ2n) is 11.3. The molecule has 5 heteroatoms. The van der Waals surface area contributed by atoms with Gasteiger partial charge < -0.3 is 0 Å². The van der Waals surface area contributed by atoms with E-state index in [2.05, 4.69) is 46.8 Å². The van der Waals surface area contributed by atoms with Crippen molar-refractivity contribution < 1.29 is 9.59 Å². The van der Waals surface area contributed by atoms with Crippen molar-refractivity contribution in [2.45, 2.75) is 67.2 Å². The highest BCUT2D eigenvalue weighted by Gasteiger charge is 2.68. The van der Waals surface area contributed by atoms with Crippen molar-refractivity contribution in [3.8, 4) is 0 Å². The van der Waals surface area contributed by atoms with Crippen LogP contribution in [0.25, 0.3) is 0 Å². The molecule has 4 bridgehead atoms. The summed E-state index contributed by atoms with van der Waals surface area (Å²) in [5.74, 6) is 0.947. The van der Waals surface area contributed by atoms with E-state index in [1.807, 2.05) is 0 Å². The van der Waals surface area contributed by atoms with Crippen LogP contribution >= 0.6 is 0 Å². The van der Waals surface area contributed by atoms with Crippen LogP contribution in [0.4, 0.5) is 0 Å². The average molecular weight is 375 g/mol. The topological polar surface area (TPSA) is 66.8 Å². The van der Waals surface area contributed by atoms with Crippen molar-refractivity contribution in [2.24, 2.45) is 50.6 Å². The number of carbonyl (C=O) groups excluding carboxylic acids is 2. The lowest BCUT2D eigenvalue weighted by Crippen LogP contribution is -2.41. The van der Waals surface area contributed by atoms with Crippen molar-refractivity contribution >= 4 is 11.6 Å². The lowest BCUT2D eigenvalue weighted by molar-refractivity contribution is -0.132. The quantitative estimate of drug-likeness (QED) is 0.533. The Morgan fingerprint density at radius 1 is 0.815 bits per heavy atom. The van der Waals surface area contributed by atoms with Gasteiger partial charge in [-0.2, -0.15) is 0 Å². The number of fused-ring (bicyclic) bond motifs is 4. The molecule has 27 heavy (non-hydrogen) atoms. The molecule has 5 nitrogen and oxygen atoms in total. The Hall–Kier alpha value is -1.26. The normalized spacial score (nSPS) is 46.3. The van der Waals surface area contributed by atoms with Crippen molar-refractivity contribution in [3.63, 3.8) is 0 Å². The highest BCUT2D eigenvalue weighted by molar-refractivity contribution is 5.92. The minimum Gasteiger partial charge on any atom is -0.299 e. The first-order chi connectivity index (χ1) is 12.4. The Kier molecular flexibility index (Phi) is 3.83. The summed E-state index contributed by atoms with van der Waals surface area (Å²) in [5.41, 5.74) is -0.620. The second-order valence-corrected chi connectivity index (χ2v) is 11.3. The molecule has 0 heterocycles. The summed E-state index contributed by atoms with van der Waals surface area (Å²) in [6.45, 7) is 13.7. The molecule has 0 aromatic heterocycles. The molecule has 0 N–H and O–H groups in total. The zero-order valence-corrected chi connectivity index (χ0v) is 17.7. The fourth-order valence-electron chi connectivity index (χ4n) is 7.56. The Labute approximate surface area is 162 Å². The van der Waals surface area contributed by atoms with Crippen molar-refractivity contribution in [1.29, 1.82) is 0 Å². The van der Waals surface area contributed by atoms with Gasteiger partial charge in [0.25, 0.3) is 0 Å². The molecule has 4 rings (SSSR count). The summed E-state index contributed by atoms with van der Waals surface area (Å²) >= 11 is 0. The van der Waals surface area contributed by atoms with Crippen molar-refractivity contribution in [2.75, 3.05) is 13.1 Å². The number of Topliss-reactive ketones (excluding diaryl/α,β-unsaturated/α-hetero) is 2. The van der Waals surface area contributed by atoms with Gasteiger partial charge >= 0.3 is 0 Å². The van der Waals surface area contributed by atoms with Crippen molar-refractivity contribution in [1.82, 2.24) is 5.01 Å². The minimum atomic E-state index is -0.283. The number of hydrogen-bond acceptors (Lipinski definition) is 4. The predicted octanol–water partition coefficient (Wildman–Crippen LogP) is 4.25. The van der Waals surface area contributed by atoms with E-state index in [4.69, 9.17) is 0 Å². The standard InChI is InChI=1S/C22H34N2O3/c1-19(2)15-7-9-21(19,5)17(25)13(15)11-24(23-27)12-14-16-8-10-22(6,18(14)26)20(16,3)4/h13-16H,7-12H2,1-6H3/t13-,14-,15+,16+,21-,22+/m1/s1. The third-order valence-electron chi connectivity index (χ3n) is 10.3. The summed E-state index contributed by atoms with van der Waals surface area (Å²) in [6, 6.07) is 0. The summed E-state index contributed by atoms with van der Waals surface area (Å²) in [5, 5.41) is 4.78. The SMILES string of the molecule is CC1(C)[C@H]2CC[C@@]1(C)C(=O)[C@@H]2CN(C[C@H]1C(=O)[C@@]2(C)CC[C@@H]1C2(C)C)N=O. The molecule has 4 fully saturated rings. The van der Waals surface area contributed by atoms with Gasteiger partial charge in [0.1, 0.15) is 11.6 Å². The van der Waals surface area contributed by atoms with Gasteiger partial charge in [0, 0.05) is 35.8 Å². The first-order valence-corrected chi connectivity index (χ1v) is 10.6. The molecule has 150 valence electrons. The number of hydrogen-bond donors (Lipinski definition) is 0. The van der Waals surface area contributed by atoms with E-state index < -0.39 is 0 Å². The molecular weight excluding hydrogens is 340 g/mol. The summed E-state index contributed by atoms with van der Waals surface area (Å²) in [6.07, 6.45) is 3.99. The Morgan fingerprint density at radius 3 is 1.44 bits per heavy atom. The van der Waals surface area contributed by atoms with Crippen LogP contribution in [-0.4, -0.2) is 29.7 Å². The molecule has 4 saturated carbocycles. The van der Waals surface area contributed by atoms with Gasteiger partial charge in [0.2, 0.25) is 0 Å². The second kappa shape index (κ2) is 5.42. The van der Waals surface area contributed by atoms with E-state index in [0.717, 1.165) is 25.7 Å². The molecule has 0 amide bonds. The zero-order valence-electron chi connectivity index (χ0n) is 17.7. The van der Waals surface area contributed by atoms with Crippen LogP contribution in [0.15, 0.2) is 5.29 Å². The largest absolute Gasteiger partial charge is 0.299 e. The number of carbonyl (C=O) groups is 2. The average Bonchev–Trinajstić information content (AvgIpc) is 3.07. The number of ketones is 2. The lowest BCUT2D eigenvalue weighted by Gasteiger charge is -2.32. The fraction of sp³-hybridized carbons (Fsp3) is 0.909. The van der Waals surface area contributed by atoms with E-state index in [-0.39, 0.29) is 33.5 Å². The molecule has 6 atom stereocenters. The van der Waals surface area contributed by atoms with Gasteiger partial charge in [-0.3, -0.25) is 14.6 Å². The molecule has 4 aliphatic carbocycles. The maximum Gasteiger partial charge on any atom is 0.144 e. The summed E-state index contributed by atoms with van der Waals surface area (Å²) in [7, 11) is 0. The molecule has 4 aliphatic rings. The van der Waals surface area contributed by atoms with E-state index >= 15 is 0 Å². The van der Waals surface area contributed by atoms with E-state index in [9.17, 15) is 14.5 Å². The van der Waals surface area contributed by atoms with Gasteiger partial charge in [0.05, 0.1) is 5.29 Å². The van der Waals surface area contributed by atoms with Crippen LogP contribution in [0.2, 0.25) is 0 Å². The highest BCUT2D eigenvalue weighted by Crippen LogP contribution is 2.67. The predicted molar refractivity (Wildman–Crippen MR) is 104 cm³/mol. The van der Waals surface area contributed by atoms with Crippen LogP contribution in [0.1, 0.15) is 67.2 Å². The van der Waals surface area contributed by atoms with Crippen LogP contribution in [-0.2, 0) is 9.59 Å². The van der Waals surface area contributed by atoms with Gasteiger partial charge in [-0.1, -0.05) is 41.5 Å². The molecule has 0 spiro atoms. The lowest BCUT2D eigenvalue weighted by atomic mass is 9.70. The zero-order chi connectivity index (χ0) is 20.0. The molecule has 0 aromatic rings. The van der Waals surface area contributed by atoms with E-state index in [1.54, 1.807) is 0 Å². The Morgan fingerprint density at radius 2 is 1.19 bits per heavy atom. The number of nitroso groups, excluding NO2 is 1. The molecule has 0 radical (unpaired) electrons. The van der Waals surface area contributed by atoms with Crippen molar-refractivity contribution in [3.05, 3.63) is 4.91 Å². The highest BCUT2D eigenvalue weighted by atomic mass is 16.3. The number of nitrogens with zero attached hydrogens (tertiary/aromatic N) is 2. The van der Waals surface area contributed by atoms with Crippen LogP contribution in [0.3, 0.4) is 0 Å². The van der Waals surface area contributed by atoms with Gasteiger partial charge in [-0.05, 0) is 48.3 Å². The van der Waals surface area contributed by atoms with Gasteiger partial charge in [-0.15, -0.1) is 4.91 Å². The first-order valence-electron chi connectivity index (χ1n) is 10.6. The smallest absolute Gasteiger partial charge is 0.144 e. The Bertz CT molecular complexity index is 658. The molecule has 0 unspecified atom stereocenters. The van der Waals surface area contributed by atoms with Crippen LogP contribution in [0.5, 0.6) is 0 Å². The molecule has 0 saturated heterocycles. The van der Waals surface area contributed by atoms with E-state index in [0.29, 0.717) is 36.5 Å². The summed E-state index contributed by atoms with van der Waals surface area (Å²) in [4.78, 5) is 37.8. The van der Waals surface area contributed by atoms with E-state index in [1.165, 1.54) is 5.01 Å². The van der Waals surface area contributed by atoms with Gasteiger partial charge in [0.15, 0.2) is 0 Å². The third-order valence-corrected chi connectivity index (χ3v) is 10.3. The van der Waals surface area contributed by atoms with Crippen LogP contribution < -0.4 is 0 Å². The minimum absolute atomic E-state index is 0.0268. The maximum absolute atomic E-state index is 13.1. The van der Waals surface area contributed by atoms with Gasteiger partial charge in [-0.25, -0.2) is 0 Å². The Balaban J connectivity index is 1.52. The monoisotopic (exact) mass is 374 g/mol. The molecule has 0 aliphatic heterocycles.